The van der Waals surface area contributed by atoms with Crippen LogP contribution in [0.2, 0.25) is 0 Å². The van der Waals surface area contributed by atoms with Crippen molar-refractivity contribution in [2.75, 3.05) is 5.32 Å². The van der Waals surface area contributed by atoms with E-state index in [-0.39, 0.29) is 18.1 Å². The average Bonchev–Trinajstić information content (AvgIpc) is 3.43. The normalized spacial score (nSPS) is 11.0. The molecular weight excluding hydrogens is 436 g/mol. The highest BCUT2D eigenvalue weighted by Crippen LogP contribution is 2.33. The van der Waals surface area contributed by atoms with Crippen molar-refractivity contribution in [2.24, 2.45) is 0 Å². The minimum atomic E-state index is -2.92. The third kappa shape index (κ3) is 4.84. The van der Waals surface area contributed by atoms with Crippen molar-refractivity contribution in [3.05, 3.63) is 57.5 Å². The van der Waals surface area contributed by atoms with E-state index >= 15 is 0 Å². The molecule has 0 aliphatic carbocycles. The summed E-state index contributed by atoms with van der Waals surface area (Å²) in [7, 11) is 0. The summed E-state index contributed by atoms with van der Waals surface area (Å²) in [6.45, 7) is -2.92. The van der Waals surface area contributed by atoms with Gasteiger partial charge in [-0.15, -0.1) is 22.7 Å². The van der Waals surface area contributed by atoms with Gasteiger partial charge in [-0.3, -0.25) is 4.79 Å². The predicted octanol–water partition coefficient (Wildman–Crippen LogP) is 5.78. The zero-order valence-corrected chi connectivity index (χ0v) is 17.1. The number of hydrogen-bond acceptors (Lipinski definition) is 7. The Hall–Kier alpha value is -2.69. The fourth-order valence-corrected chi connectivity index (χ4v) is 4.83. The minimum Gasteiger partial charge on any atom is -0.434 e. The summed E-state index contributed by atoms with van der Waals surface area (Å²) in [5.41, 5.74) is 2.61. The van der Waals surface area contributed by atoms with Gasteiger partial charge in [0.1, 0.15) is 10.8 Å². The van der Waals surface area contributed by atoms with E-state index in [1.165, 1.54) is 28.7 Å². The van der Waals surface area contributed by atoms with Gasteiger partial charge in [0.2, 0.25) is 5.91 Å². The summed E-state index contributed by atoms with van der Waals surface area (Å²) in [6.07, 6.45) is 0.126. The van der Waals surface area contributed by atoms with E-state index in [1.807, 2.05) is 22.2 Å². The smallest absolute Gasteiger partial charge is 0.387 e. The van der Waals surface area contributed by atoms with Crippen LogP contribution < -0.4 is 10.1 Å². The van der Waals surface area contributed by atoms with Crippen LogP contribution in [0.15, 0.2) is 51.9 Å². The number of carbonyl (C=O) groups is 1. The first-order valence-corrected chi connectivity index (χ1v) is 11.1. The van der Waals surface area contributed by atoms with Gasteiger partial charge in [-0.1, -0.05) is 12.1 Å². The van der Waals surface area contributed by atoms with Crippen molar-refractivity contribution in [3.63, 3.8) is 0 Å². The lowest BCUT2D eigenvalue weighted by Crippen LogP contribution is -2.14. The lowest BCUT2D eigenvalue weighted by atomic mass is 10.1. The molecule has 0 radical (unpaired) electrons. The molecule has 0 bridgehead atoms. The number of anilines is 1. The highest BCUT2D eigenvalue weighted by molar-refractivity contribution is 7.14. The number of thiophene rings is 1. The molecule has 0 fully saturated rings. The van der Waals surface area contributed by atoms with Gasteiger partial charge >= 0.3 is 6.61 Å². The summed E-state index contributed by atoms with van der Waals surface area (Å²) in [6, 6.07) is 8.39. The maximum atomic E-state index is 12.6. The molecule has 29 heavy (non-hydrogen) atoms. The Bertz CT molecular complexity index is 1110. The molecule has 1 N–H and O–H groups in total. The van der Waals surface area contributed by atoms with E-state index in [1.54, 1.807) is 34.9 Å². The van der Waals surface area contributed by atoms with E-state index in [4.69, 9.17) is 0 Å². The summed E-state index contributed by atoms with van der Waals surface area (Å²) in [4.78, 5) is 21.1. The summed E-state index contributed by atoms with van der Waals surface area (Å²) >= 11 is 4.30. The lowest BCUT2D eigenvalue weighted by Gasteiger charge is -2.08. The quantitative estimate of drug-likeness (QED) is 0.389. The second-order valence-corrected chi connectivity index (χ2v) is 8.29. The standard InChI is InChI=1S/C19H13F2N3O2S3/c20-18(21)26-15-4-2-1-3-13(15)14-10-29-19(23-14)24-16(25)7-12-9-28-17(22-12)11-5-6-27-8-11/h1-6,8-10,18H,7H2,(H,23,24,25). The summed E-state index contributed by atoms with van der Waals surface area (Å²) in [5.74, 6) is -0.209. The number of alkyl halides is 2. The number of aromatic nitrogens is 2. The molecule has 5 nitrogen and oxygen atoms in total. The molecule has 0 aliphatic rings. The van der Waals surface area contributed by atoms with Crippen LogP contribution in [-0.2, 0) is 11.2 Å². The van der Waals surface area contributed by atoms with Gasteiger partial charge < -0.3 is 10.1 Å². The number of hydrogen-bond donors (Lipinski definition) is 1. The number of para-hydroxylation sites is 1. The Kier molecular flexibility index (Phi) is 5.93. The van der Waals surface area contributed by atoms with Crippen molar-refractivity contribution >= 4 is 45.0 Å². The van der Waals surface area contributed by atoms with Gasteiger partial charge in [0.15, 0.2) is 5.13 Å². The van der Waals surface area contributed by atoms with E-state index in [0.717, 1.165) is 10.6 Å². The van der Waals surface area contributed by atoms with Gasteiger partial charge in [0.25, 0.3) is 0 Å². The molecule has 0 saturated carbocycles. The number of thiazole rings is 2. The minimum absolute atomic E-state index is 0.0362. The maximum Gasteiger partial charge on any atom is 0.387 e. The molecule has 1 amide bonds. The summed E-state index contributed by atoms with van der Waals surface area (Å²) in [5, 5.41) is 11.5. The molecular formula is C19H13F2N3O2S3. The van der Waals surface area contributed by atoms with Gasteiger partial charge in [-0.2, -0.15) is 20.1 Å². The van der Waals surface area contributed by atoms with Crippen LogP contribution in [0, 0.1) is 0 Å². The molecule has 10 heteroatoms. The highest BCUT2D eigenvalue weighted by atomic mass is 32.1. The zero-order chi connectivity index (χ0) is 20.2. The van der Waals surface area contributed by atoms with Crippen molar-refractivity contribution in [3.8, 4) is 27.6 Å². The molecule has 1 aromatic carbocycles. The van der Waals surface area contributed by atoms with Crippen LogP contribution in [0.5, 0.6) is 5.75 Å². The number of ether oxygens (including phenoxy) is 1. The number of rotatable bonds is 7. The Balaban J connectivity index is 1.42. The van der Waals surface area contributed by atoms with Crippen LogP contribution in [0.3, 0.4) is 0 Å². The first-order valence-electron chi connectivity index (χ1n) is 8.35. The molecule has 148 valence electrons. The molecule has 4 rings (SSSR count). The van der Waals surface area contributed by atoms with Gasteiger partial charge in [-0.05, 0) is 23.6 Å². The van der Waals surface area contributed by atoms with E-state index in [0.29, 0.717) is 22.1 Å². The van der Waals surface area contributed by atoms with Gasteiger partial charge in [0, 0.05) is 27.3 Å². The van der Waals surface area contributed by atoms with Crippen LogP contribution in [0.1, 0.15) is 5.69 Å². The van der Waals surface area contributed by atoms with Crippen molar-refractivity contribution in [1.29, 1.82) is 0 Å². The van der Waals surface area contributed by atoms with Crippen molar-refractivity contribution < 1.29 is 18.3 Å². The van der Waals surface area contributed by atoms with Gasteiger partial charge in [-0.25, -0.2) is 9.97 Å². The fourth-order valence-electron chi connectivity index (χ4n) is 2.57. The fraction of sp³-hybridized carbons (Fsp3) is 0.105. The molecule has 0 unspecified atom stereocenters. The highest BCUT2D eigenvalue weighted by Gasteiger charge is 2.15. The topological polar surface area (TPSA) is 64.1 Å². The SMILES string of the molecule is O=C(Cc1csc(-c2ccsc2)n1)Nc1nc(-c2ccccc2OC(F)F)cs1. The first-order chi connectivity index (χ1) is 14.1. The van der Waals surface area contributed by atoms with E-state index in [9.17, 15) is 13.6 Å². The van der Waals surface area contributed by atoms with Crippen molar-refractivity contribution in [2.45, 2.75) is 13.0 Å². The largest absolute Gasteiger partial charge is 0.434 e. The van der Waals surface area contributed by atoms with Crippen LogP contribution in [0.25, 0.3) is 21.8 Å². The predicted molar refractivity (Wildman–Crippen MR) is 112 cm³/mol. The monoisotopic (exact) mass is 449 g/mol. The number of halogens is 2. The molecule has 0 saturated heterocycles. The van der Waals surface area contributed by atoms with Crippen LogP contribution in [-0.4, -0.2) is 22.5 Å². The number of carbonyl (C=O) groups excluding carboxylic acids is 1. The maximum absolute atomic E-state index is 12.6. The first kappa shape index (κ1) is 19.6. The Morgan fingerprint density at radius 3 is 2.76 bits per heavy atom. The molecule has 0 spiro atoms. The third-order valence-electron chi connectivity index (χ3n) is 3.79. The Labute approximate surface area is 176 Å². The lowest BCUT2D eigenvalue weighted by molar-refractivity contribution is -0.115. The molecule has 3 heterocycles. The molecule has 4 aromatic rings. The van der Waals surface area contributed by atoms with Crippen LogP contribution in [0.4, 0.5) is 13.9 Å². The number of amides is 1. The summed E-state index contributed by atoms with van der Waals surface area (Å²) < 4.78 is 29.7. The Morgan fingerprint density at radius 2 is 1.97 bits per heavy atom. The molecule has 0 aliphatic heterocycles. The average molecular weight is 450 g/mol. The number of nitrogens with zero attached hydrogens (tertiary/aromatic N) is 2. The second-order valence-electron chi connectivity index (χ2n) is 5.79. The Morgan fingerprint density at radius 1 is 1.10 bits per heavy atom. The number of nitrogens with one attached hydrogen (secondary N) is 1. The molecule has 0 atom stereocenters. The van der Waals surface area contributed by atoms with Crippen LogP contribution >= 0.6 is 34.0 Å². The van der Waals surface area contributed by atoms with E-state index < -0.39 is 6.61 Å². The number of benzene rings is 1. The third-order valence-corrected chi connectivity index (χ3v) is 6.17. The zero-order valence-electron chi connectivity index (χ0n) is 14.7. The second kappa shape index (κ2) is 8.76. The van der Waals surface area contributed by atoms with Crippen molar-refractivity contribution in [1.82, 2.24) is 9.97 Å². The molecule has 3 aromatic heterocycles. The van der Waals surface area contributed by atoms with Gasteiger partial charge in [0.05, 0.1) is 17.8 Å². The van der Waals surface area contributed by atoms with E-state index in [2.05, 4.69) is 20.0 Å².